The molecule has 1 N–H and O–H groups in total. The van der Waals surface area contributed by atoms with Gasteiger partial charge in [-0.3, -0.25) is 4.90 Å². The van der Waals surface area contributed by atoms with Crippen LogP contribution in [0, 0.1) is 0 Å². The molecule has 1 aliphatic heterocycles. The van der Waals surface area contributed by atoms with E-state index in [9.17, 15) is 5.11 Å². The summed E-state index contributed by atoms with van der Waals surface area (Å²) in [6.07, 6.45) is 0.931. The van der Waals surface area contributed by atoms with Crippen LogP contribution in [0.2, 0.25) is 0 Å². The first-order chi connectivity index (χ1) is 6.77. The quantitative estimate of drug-likeness (QED) is 0.787. The predicted octanol–water partition coefficient (Wildman–Crippen LogP) is 1.81. The van der Waals surface area contributed by atoms with Gasteiger partial charge < -0.3 is 5.11 Å². The lowest BCUT2D eigenvalue weighted by atomic mass is 10.0. The summed E-state index contributed by atoms with van der Waals surface area (Å²) in [5, 5.41) is 9.93. The van der Waals surface area contributed by atoms with Crippen molar-refractivity contribution in [1.82, 2.24) is 4.90 Å². The maximum absolute atomic E-state index is 9.93. The van der Waals surface area contributed by atoms with E-state index in [2.05, 4.69) is 11.8 Å². The molecule has 1 fully saturated rings. The largest absolute Gasteiger partial charge is 0.387 e. The number of benzene rings is 1. The number of hydrogen-bond acceptors (Lipinski definition) is 2. The molecule has 0 aromatic heterocycles. The van der Waals surface area contributed by atoms with Crippen molar-refractivity contribution in [2.75, 3.05) is 13.1 Å². The highest BCUT2D eigenvalue weighted by Crippen LogP contribution is 2.21. The summed E-state index contributed by atoms with van der Waals surface area (Å²) in [7, 11) is 0. The molecule has 76 valence electrons. The average molecular weight is 191 g/mol. The fraction of sp³-hybridized carbons (Fsp3) is 0.500. The summed E-state index contributed by atoms with van der Waals surface area (Å²) in [6.45, 7) is 4.11. The van der Waals surface area contributed by atoms with Crippen molar-refractivity contribution in [2.45, 2.75) is 25.5 Å². The molecule has 2 atom stereocenters. The Labute approximate surface area is 85.2 Å². The van der Waals surface area contributed by atoms with Gasteiger partial charge in [-0.25, -0.2) is 0 Å². The Bertz CT molecular complexity index is 286. The fourth-order valence-electron chi connectivity index (χ4n) is 1.84. The van der Waals surface area contributed by atoms with Gasteiger partial charge in [0, 0.05) is 19.1 Å². The molecule has 0 aliphatic carbocycles. The van der Waals surface area contributed by atoms with Crippen molar-refractivity contribution in [3.8, 4) is 0 Å². The zero-order chi connectivity index (χ0) is 9.97. The van der Waals surface area contributed by atoms with Gasteiger partial charge in [0.05, 0.1) is 6.10 Å². The molecule has 1 aromatic carbocycles. The first kappa shape index (κ1) is 9.69. The van der Waals surface area contributed by atoms with Crippen molar-refractivity contribution in [3.63, 3.8) is 0 Å². The molecule has 2 rings (SSSR count). The Balaban J connectivity index is 1.92. The van der Waals surface area contributed by atoms with Crippen molar-refractivity contribution in [3.05, 3.63) is 35.9 Å². The summed E-state index contributed by atoms with van der Waals surface area (Å²) >= 11 is 0. The maximum Gasteiger partial charge on any atom is 0.0917 e. The number of nitrogens with zero attached hydrogens (tertiary/aromatic N) is 1. The van der Waals surface area contributed by atoms with Gasteiger partial charge in [0.25, 0.3) is 0 Å². The zero-order valence-electron chi connectivity index (χ0n) is 8.56. The molecule has 1 aromatic rings. The van der Waals surface area contributed by atoms with Crippen molar-refractivity contribution >= 4 is 0 Å². The molecule has 0 bridgehead atoms. The number of aliphatic hydroxyl groups is 1. The van der Waals surface area contributed by atoms with Gasteiger partial charge in [0.15, 0.2) is 0 Å². The standard InChI is InChI=1S/C12H17NO/c1-10-7-8-13(10)9-12(14)11-5-3-2-4-6-11/h2-6,10,12,14H,7-9H2,1H3. The molecular formula is C12H17NO. The number of β-amino-alcohol motifs (C(OH)–C–C–N with tert-alkyl or cyclic N) is 1. The van der Waals surface area contributed by atoms with E-state index in [1.165, 1.54) is 6.42 Å². The number of likely N-dealkylation sites (tertiary alicyclic amines) is 1. The highest BCUT2D eigenvalue weighted by Gasteiger charge is 2.25. The van der Waals surface area contributed by atoms with Crippen LogP contribution in [-0.2, 0) is 0 Å². The summed E-state index contributed by atoms with van der Waals surface area (Å²) in [5.74, 6) is 0. The molecule has 2 nitrogen and oxygen atoms in total. The van der Waals surface area contributed by atoms with E-state index >= 15 is 0 Å². The summed E-state index contributed by atoms with van der Waals surface area (Å²) in [5.41, 5.74) is 1.02. The Morgan fingerprint density at radius 3 is 2.64 bits per heavy atom. The average Bonchev–Trinajstić information content (AvgIpc) is 2.24. The van der Waals surface area contributed by atoms with E-state index in [-0.39, 0.29) is 6.10 Å². The van der Waals surface area contributed by atoms with Crippen molar-refractivity contribution in [2.24, 2.45) is 0 Å². The van der Waals surface area contributed by atoms with Crippen molar-refractivity contribution < 1.29 is 5.11 Å². The monoisotopic (exact) mass is 191 g/mol. The molecule has 0 amide bonds. The first-order valence-electron chi connectivity index (χ1n) is 5.24. The molecule has 1 aliphatic rings. The lowest BCUT2D eigenvalue weighted by Crippen LogP contribution is -2.47. The minimum absolute atomic E-state index is 0.334. The van der Waals surface area contributed by atoms with E-state index in [1.54, 1.807) is 0 Å². The minimum Gasteiger partial charge on any atom is -0.387 e. The van der Waals surface area contributed by atoms with Crippen LogP contribution < -0.4 is 0 Å². The summed E-state index contributed by atoms with van der Waals surface area (Å²) in [4.78, 5) is 2.32. The van der Waals surface area contributed by atoms with Gasteiger partial charge in [-0.15, -0.1) is 0 Å². The lowest BCUT2D eigenvalue weighted by molar-refractivity contribution is 0.0390. The number of hydrogen-bond donors (Lipinski definition) is 1. The zero-order valence-corrected chi connectivity index (χ0v) is 8.56. The second-order valence-electron chi connectivity index (χ2n) is 4.06. The molecule has 2 unspecified atom stereocenters. The third kappa shape index (κ3) is 1.97. The SMILES string of the molecule is CC1CCN1CC(O)c1ccccc1. The predicted molar refractivity (Wildman–Crippen MR) is 57.1 cm³/mol. The Kier molecular flexibility index (Phi) is 2.85. The van der Waals surface area contributed by atoms with E-state index < -0.39 is 0 Å². The third-order valence-corrected chi connectivity index (χ3v) is 3.05. The normalized spacial score (nSPS) is 24.3. The van der Waals surface area contributed by atoms with E-state index in [1.807, 2.05) is 30.3 Å². The molecule has 0 saturated carbocycles. The van der Waals surface area contributed by atoms with Gasteiger partial charge in [-0.05, 0) is 18.9 Å². The second kappa shape index (κ2) is 4.11. The van der Waals surface area contributed by atoms with E-state index in [4.69, 9.17) is 0 Å². The smallest absolute Gasteiger partial charge is 0.0917 e. The first-order valence-corrected chi connectivity index (χ1v) is 5.24. The van der Waals surface area contributed by atoms with Crippen LogP contribution >= 0.6 is 0 Å². The van der Waals surface area contributed by atoms with Gasteiger partial charge in [-0.2, -0.15) is 0 Å². The van der Waals surface area contributed by atoms with Crippen molar-refractivity contribution in [1.29, 1.82) is 0 Å². The second-order valence-corrected chi connectivity index (χ2v) is 4.06. The fourth-order valence-corrected chi connectivity index (χ4v) is 1.84. The Hall–Kier alpha value is -0.860. The molecule has 0 radical (unpaired) electrons. The molecule has 0 spiro atoms. The van der Waals surface area contributed by atoms with E-state index in [0.29, 0.717) is 6.04 Å². The minimum atomic E-state index is -0.334. The van der Waals surface area contributed by atoms with Gasteiger partial charge in [-0.1, -0.05) is 30.3 Å². The molecule has 1 saturated heterocycles. The third-order valence-electron chi connectivity index (χ3n) is 3.05. The molecule has 1 heterocycles. The van der Waals surface area contributed by atoms with Crippen LogP contribution in [0.4, 0.5) is 0 Å². The van der Waals surface area contributed by atoms with Crippen LogP contribution in [0.1, 0.15) is 25.0 Å². The maximum atomic E-state index is 9.93. The van der Waals surface area contributed by atoms with Crippen LogP contribution in [0.15, 0.2) is 30.3 Å². The van der Waals surface area contributed by atoms with Gasteiger partial charge in [0.2, 0.25) is 0 Å². The number of rotatable bonds is 3. The number of aliphatic hydroxyl groups excluding tert-OH is 1. The topological polar surface area (TPSA) is 23.5 Å². The van der Waals surface area contributed by atoms with Crippen LogP contribution in [0.5, 0.6) is 0 Å². The lowest BCUT2D eigenvalue weighted by Gasteiger charge is -2.39. The highest BCUT2D eigenvalue weighted by molar-refractivity contribution is 5.17. The van der Waals surface area contributed by atoms with E-state index in [0.717, 1.165) is 18.7 Å². The summed E-state index contributed by atoms with van der Waals surface area (Å²) in [6, 6.07) is 10.5. The van der Waals surface area contributed by atoms with Crippen LogP contribution in [0.3, 0.4) is 0 Å². The van der Waals surface area contributed by atoms with Crippen LogP contribution in [-0.4, -0.2) is 29.1 Å². The molecule has 14 heavy (non-hydrogen) atoms. The summed E-state index contributed by atoms with van der Waals surface area (Å²) < 4.78 is 0. The van der Waals surface area contributed by atoms with Crippen LogP contribution in [0.25, 0.3) is 0 Å². The van der Waals surface area contributed by atoms with Gasteiger partial charge >= 0.3 is 0 Å². The Morgan fingerprint density at radius 2 is 2.14 bits per heavy atom. The van der Waals surface area contributed by atoms with Gasteiger partial charge in [0.1, 0.15) is 0 Å². The highest BCUT2D eigenvalue weighted by atomic mass is 16.3. The molecule has 2 heteroatoms. The molecular weight excluding hydrogens is 174 g/mol. The Morgan fingerprint density at radius 1 is 1.43 bits per heavy atom.